The average Bonchev–Trinajstić information content (AvgIpc) is 3.41. The number of furan rings is 1. The van der Waals surface area contributed by atoms with Crippen LogP contribution in [0.2, 0.25) is 0 Å². The zero-order valence-corrected chi connectivity index (χ0v) is 19.4. The first-order chi connectivity index (χ1) is 15.8. The van der Waals surface area contributed by atoms with Gasteiger partial charge in [0.1, 0.15) is 5.58 Å². The summed E-state index contributed by atoms with van der Waals surface area (Å²) in [5.41, 5.74) is 4.51. The molecule has 1 aromatic heterocycles. The molecule has 0 saturated carbocycles. The predicted molar refractivity (Wildman–Crippen MR) is 122 cm³/mol. The molecule has 0 saturated heterocycles. The van der Waals surface area contributed by atoms with Crippen molar-refractivity contribution in [3.63, 3.8) is 0 Å². The Labute approximate surface area is 192 Å². The Morgan fingerprint density at radius 3 is 2.58 bits per heavy atom. The second kappa shape index (κ2) is 9.36. The lowest BCUT2D eigenvalue weighted by molar-refractivity contribution is -0.147. The Morgan fingerprint density at radius 2 is 1.82 bits per heavy atom. The molecule has 0 atom stereocenters. The van der Waals surface area contributed by atoms with Crippen molar-refractivity contribution in [3.8, 4) is 0 Å². The van der Waals surface area contributed by atoms with Gasteiger partial charge in [0, 0.05) is 31.6 Å². The fourth-order valence-electron chi connectivity index (χ4n) is 3.98. The number of hydrogen-bond acceptors (Lipinski definition) is 6. The van der Waals surface area contributed by atoms with Crippen molar-refractivity contribution in [1.29, 1.82) is 0 Å². The van der Waals surface area contributed by atoms with Crippen LogP contribution in [-0.4, -0.2) is 45.3 Å². The number of aryl methyl sites for hydroxylation is 2. The largest absolute Gasteiger partial charge is 0.464 e. The maximum Gasteiger partial charge on any atom is 0.310 e. The molecule has 0 spiro atoms. The molecular formula is C24H26N2O6S. The van der Waals surface area contributed by atoms with E-state index in [0.717, 1.165) is 40.1 Å². The van der Waals surface area contributed by atoms with Gasteiger partial charge < -0.3 is 14.5 Å². The quantitative estimate of drug-likeness (QED) is 0.507. The Morgan fingerprint density at radius 1 is 1.09 bits per heavy atom. The van der Waals surface area contributed by atoms with Crippen LogP contribution in [0.4, 0.5) is 0 Å². The van der Waals surface area contributed by atoms with E-state index in [2.05, 4.69) is 11.4 Å². The summed E-state index contributed by atoms with van der Waals surface area (Å²) in [6.07, 6.45) is 4.76. The van der Waals surface area contributed by atoms with Crippen LogP contribution >= 0.6 is 0 Å². The first-order valence-electron chi connectivity index (χ1n) is 10.7. The molecule has 33 heavy (non-hydrogen) atoms. The normalized spacial score (nSPS) is 13.3. The van der Waals surface area contributed by atoms with E-state index in [1.807, 2.05) is 6.07 Å². The second-order valence-corrected chi connectivity index (χ2v) is 10.4. The highest BCUT2D eigenvalue weighted by Crippen LogP contribution is 2.30. The van der Waals surface area contributed by atoms with Crippen LogP contribution in [0, 0.1) is 0 Å². The number of benzene rings is 2. The lowest BCUT2D eigenvalue weighted by atomic mass is 10.0. The SMILES string of the molecule is CN(C)S(=O)(=O)c1ccccc1CNC(=O)COC(=O)Cc1coc2cc3c(cc12)CCC3. The van der Waals surface area contributed by atoms with Crippen LogP contribution in [0.1, 0.15) is 28.7 Å². The monoisotopic (exact) mass is 470 g/mol. The van der Waals surface area contributed by atoms with Crippen molar-refractivity contribution in [2.45, 2.75) is 37.1 Å². The molecule has 0 aliphatic heterocycles. The predicted octanol–water partition coefficient (Wildman–Crippen LogP) is 2.57. The topological polar surface area (TPSA) is 106 Å². The van der Waals surface area contributed by atoms with E-state index in [9.17, 15) is 18.0 Å². The molecule has 1 aliphatic rings. The van der Waals surface area contributed by atoms with Crippen molar-refractivity contribution >= 4 is 32.9 Å². The van der Waals surface area contributed by atoms with Gasteiger partial charge in [-0.3, -0.25) is 9.59 Å². The summed E-state index contributed by atoms with van der Waals surface area (Å²) >= 11 is 0. The molecule has 0 radical (unpaired) electrons. The van der Waals surface area contributed by atoms with E-state index < -0.39 is 28.5 Å². The van der Waals surface area contributed by atoms with Gasteiger partial charge in [0.15, 0.2) is 6.61 Å². The van der Waals surface area contributed by atoms with Gasteiger partial charge in [-0.2, -0.15) is 0 Å². The highest BCUT2D eigenvalue weighted by molar-refractivity contribution is 7.89. The third kappa shape index (κ3) is 4.94. The lowest BCUT2D eigenvalue weighted by Crippen LogP contribution is -2.30. The van der Waals surface area contributed by atoms with Crippen LogP contribution in [0.5, 0.6) is 0 Å². The highest BCUT2D eigenvalue weighted by Gasteiger charge is 2.21. The molecule has 3 aromatic rings. The fourth-order valence-corrected chi connectivity index (χ4v) is 5.10. The number of esters is 1. The summed E-state index contributed by atoms with van der Waals surface area (Å²) in [6.45, 7) is -0.455. The standard InChI is InChI=1S/C24H26N2O6S/c1-26(2)33(29,30)22-9-4-3-6-18(22)13-25-23(27)15-32-24(28)12-19-14-31-21-11-17-8-5-7-16(17)10-20(19)21/h3-4,6,9-11,14H,5,7-8,12-13,15H2,1-2H3,(H,25,27). The Balaban J connectivity index is 1.32. The van der Waals surface area contributed by atoms with E-state index in [-0.39, 0.29) is 17.9 Å². The van der Waals surface area contributed by atoms with E-state index in [1.165, 1.54) is 31.3 Å². The number of amides is 1. The summed E-state index contributed by atoms with van der Waals surface area (Å²) in [5.74, 6) is -1.06. The number of fused-ring (bicyclic) bond motifs is 2. The number of rotatable bonds is 8. The van der Waals surface area contributed by atoms with Crippen molar-refractivity contribution in [2.24, 2.45) is 0 Å². The molecule has 9 heteroatoms. The molecule has 0 unspecified atom stereocenters. The number of ether oxygens (including phenoxy) is 1. The van der Waals surface area contributed by atoms with Crippen LogP contribution in [0.3, 0.4) is 0 Å². The molecule has 1 N–H and O–H groups in total. The summed E-state index contributed by atoms with van der Waals surface area (Å²) in [5, 5.41) is 3.50. The Kier molecular flexibility index (Phi) is 6.53. The maximum atomic E-state index is 12.5. The van der Waals surface area contributed by atoms with Gasteiger partial charge in [-0.15, -0.1) is 0 Å². The van der Waals surface area contributed by atoms with Gasteiger partial charge in [-0.05, 0) is 54.2 Å². The Bertz CT molecular complexity index is 1310. The highest BCUT2D eigenvalue weighted by atomic mass is 32.2. The van der Waals surface area contributed by atoms with Crippen molar-refractivity contribution < 1.29 is 27.2 Å². The molecule has 2 aromatic carbocycles. The van der Waals surface area contributed by atoms with Gasteiger partial charge in [-0.1, -0.05) is 18.2 Å². The minimum absolute atomic E-state index is 0.00287. The van der Waals surface area contributed by atoms with Gasteiger partial charge in [0.2, 0.25) is 10.0 Å². The first-order valence-corrected chi connectivity index (χ1v) is 12.1. The molecular weight excluding hydrogens is 444 g/mol. The minimum atomic E-state index is -3.64. The molecule has 4 rings (SSSR count). The molecule has 0 fully saturated rings. The van der Waals surface area contributed by atoms with E-state index >= 15 is 0 Å². The summed E-state index contributed by atoms with van der Waals surface area (Å²) < 4.78 is 36.8. The molecule has 1 amide bonds. The summed E-state index contributed by atoms with van der Waals surface area (Å²) in [6, 6.07) is 10.5. The molecule has 1 heterocycles. The number of nitrogens with zero attached hydrogens (tertiary/aromatic N) is 1. The number of hydrogen-bond donors (Lipinski definition) is 1. The average molecular weight is 471 g/mol. The minimum Gasteiger partial charge on any atom is -0.464 e. The zero-order chi connectivity index (χ0) is 23.6. The number of sulfonamides is 1. The third-order valence-corrected chi connectivity index (χ3v) is 7.69. The van der Waals surface area contributed by atoms with Crippen molar-refractivity contribution in [3.05, 3.63) is 64.9 Å². The zero-order valence-electron chi connectivity index (χ0n) is 18.6. The van der Waals surface area contributed by atoms with Gasteiger partial charge in [-0.25, -0.2) is 12.7 Å². The number of carbonyl (C=O) groups excluding carboxylic acids is 2. The Hall–Kier alpha value is -3.17. The van der Waals surface area contributed by atoms with E-state index in [4.69, 9.17) is 9.15 Å². The molecule has 0 bridgehead atoms. The third-order valence-electron chi connectivity index (χ3n) is 5.77. The molecule has 8 nitrogen and oxygen atoms in total. The van der Waals surface area contributed by atoms with Crippen molar-refractivity contribution in [2.75, 3.05) is 20.7 Å². The lowest BCUT2D eigenvalue weighted by Gasteiger charge is -2.15. The van der Waals surface area contributed by atoms with E-state index in [1.54, 1.807) is 24.5 Å². The summed E-state index contributed by atoms with van der Waals surface area (Å²) in [4.78, 5) is 24.6. The number of nitrogens with one attached hydrogen (secondary N) is 1. The second-order valence-electron chi connectivity index (χ2n) is 8.24. The molecule has 1 aliphatic carbocycles. The van der Waals surface area contributed by atoms with Crippen LogP contribution in [0.15, 0.2) is 52.0 Å². The van der Waals surface area contributed by atoms with Gasteiger partial charge in [0.25, 0.3) is 5.91 Å². The first kappa shape index (κ1) is 23.0. The fraction of sp³-hybridized carbons (Fsp3) is 0.333. The van der Waals surface area contributed by atoms with E-state index in [0.29, 0.717) is 5.56 Å². The maximum absolute atomic E-state index is 12.5. The van der Waals surface area contributed by atoms with Crippen LogP contribution in [-0.2, 0) is 50.2 Å². The van der Waals surface area contributed by atoms with Crippen molar-refractivity contribution in [1.82, 2.24) is 9.62 Å². The summed E-state index contributed by atoms with van der Waals surface area (Å²) in [7, 11) is -0.754. The smallest absolute Gasteiger partial charge is 0.310 e. The molecule has 174 valence electrons. The van der Waals surface area contributed by atoms with Crippen LogP contribution < -0.4 is 5.32 Å². The van der Waals surface area contributed by atoms with Gasteiger partial charge in [0.05, 0.1) is 17.6 Å². The number of carbonyl (C=O) groups is 2. The van der Waals surface area contributed by atoms with Crippen LogP contribution in [0.25, 0.3) is 11.0 Å². The van der Waals surface area contributed by atoms with Gasteiger partial charge >= 0.3 is 5.97 Å².